The van der Waals surface area contributed by atoms with Crippen LogP contribution in [-0.2, 0) is 18.5 Å². The van der Waals surface area contributed by atoms with Crippen LogP contribution in [-0.4, -0.2) is 0 Å². The molecule has 0 unspecified atom stereocenters. The van der Waals surface area contributed by atoms with E-state index in [2.05, 4.69) is 69.4 Å². The van der Waals surface area contributed by atoms with Gasteiger partial charge in [-0.2, -0.15) is 0 Å². The maximum absolute atomic E-state index is 3.53. The number of benzene rings is 1. The van der Waals surface area contributed by atoms with E-state index in [1.165, 1.54) is 20.9 Å². The van der Waals surface area contributed by atoms with Gasteiger partial charge >= 0.3 is 0 Å². The number of rotatable bonds is 4. The normalized spacial score (nSPS) is 11.8. The van der Waals surface area contributed by atoms with Gasteiger partial charge in [0, 0.05) is 22.8 Å². The smallest absolute Gasteiger partial charge is 0.0303 e. The van der Waals surface area contributed by atoms with Crippen molar-refractivity contribution in [3.8, 4) is 0 Å². The van der Waals surface area contributed by atoms with Crippen LogP contribution in [0, 0.1) is 6.92 Å². The maximum atomic E-state index is 3.53. The highest BCUT2D eigenvalue weighted by Crippen LogP contribution is 2.29. The molecular formula is C17H23NS. The number of hydrogen-bond donors (Lipinski definition) is 1. The molecule has 1 heterocycles. The van der Waals surface area contributed by atoms with Crippen molar-refractivity contribution < 1.29 is 0 Å². The highest BCUT2D eigenvalue weighted by molar-refractivity contribution is 7.12. The van der Waals surface area contributed by atoms with Crippen molar-refractivity contribution >= 4 is 11.3 Å². The van der Waals surface area contributed by atoms with Crippen LogP contribution in [0.2, 0.25) is 0 Å². The second-order valence-electron chi connectivity index (χ2n) is 6.05. The van der Waals surface area contributed by atoms with Gasteiger partial charge in [0.15, 0.2) is 0 Å². The molecule has 0 aliphatic heterocycles. The fraction of sp³-hybridized carbons (Fsp3) is 0.412. The van der Waals surface area contributed by atoms with Crippen LogP contribution >= 0.6 is 11.3 Å². The van der Waals surface area contributed by atoms with E-state index >= 15 is 0 Å². The average molecular weight is 273 g/mol. The summed E-state index contributed by atoms with van der Waals surface area (Å²) >= 11 is 1.92. The molecule has 0 amide bonds. The summed E-state index contributed by atoms with van der Waals surface area (Å²) in [5.41, 5.74) is 3.01. The lowest BCUT2D eigenvalue weighted by molar-refractivity contribution is 0.604. The first-order valence-electron chi connectivity index (χ1n) is 6.81. The SMILES string of the molecule is Cc1ccccc1CNCc1ccc(C(C)(C)C)s1. The highest BCUT2D eigenvalue weighted by atomic mass is 32.1. The quantitative estimate of drug-likeness (QED) is 0.855. The van der Waals surface area contributed by atoms with Crippen LogP contribution in [0.15, 0.2) is 36.4 Å². The van der Waals surface area contributed by atoms with E-state index in [1.807, 2.05) is 11.3 Å². The second kappa shape index (κ2) is 5.89. The minimum absolute atomic E-state index is 0.263. The third-order valence-corrected chi connectivity index (χ3v) is 4.79. The molecule has 0 saturated carbocycles. The van der Waals surface area contributed by atoms with Crippen LogP contribution in [0.25, 0.3) is 0 Å². The minimum Gasteiger partial charge on any atom is -0.308 e. The third-order valence-electron chi connectivity index (χ3n) is 3.28. The van der Waals surface area contributed by atoms with Crippen molar-refractivity contribution in [2.75, 3.05) is 0 Å². The molecule has 1 N–H and O–H groups in total. The summed E-state index contributed by atoms with van der Waals surface area (Å²) in [6.07, 6.45) is 0. The van der Waals surface area contributed by atoms with Crippen LogP contribution < -0.4 is 5.32 Å². The Bertz CT molecular complexity index is 534. The molecule has 1 aromatic heterocycles. The molecule has 19 heavy (non-hydrogen) atoms. The molecule has 0 bridgehead atoms. The lowest BCUT2D eigenvalue weighted by Crippen LogP contribution is -2.12. The Morgan fingerprint density at radius 2 is 1.74 bits per heavy atom. The van der Waals surface area contributed by atoms with Gasteiger partial charge in [-0.1, -0.05) is 45.0 Å². The van der Waals surface area contributed by atoms with E-state index in [9.17, 15) is 0 Å². The van der Waals surface area contributed by atoms with E-state index < -0.39 is 0 Å². The number of nitrogens with one attached hydrogen (secondary N) is 1. The van der Waals surface area contributed by atoms with Crippen LogP contribution in [0.4, 0.5) is 0 Å². The molecule has 0 aliphatic rings. The molecule has 0 aliphatic carbocycles. The van der Waals surface area contributed by atoms with E-state index in [-0.39, 0.29) is 5.41 Å². The zero-order valence-electron chi connectivity index (χ0n) is 12.3. The topological polar surface area (TPSA) is 12.0 Å². The van der Waals surface area contributed by atoms with Crippen molar-refractivity contribution in [2.45, 2.75) is 46.2 Å². The summed E-state index contributed by atoms with van der Waals surface area (Å²) in [6.45, 7) is 10.9. The molecule has 1 aromatic carbocycles. The lowest BCUT2D eigenvalue weighted by Gasteiger charge is -2.15. The van der Waals surface area contributed by atoms with Gasteiger partial charge in [-0.05, 0) is 35.6 Å². The summed E-state index contributed by atoms with van der Waals surface area (Å²) in [6, 6.07) is 13.1. The maximum Gasteiger partial charge on any atom is 0.0303 e. The van der Waals surface area contributed by atoms with E-state index in [0.29, 0.717) is 0 Å². The molecule has 1 nitrogen and oxygen atoms in total. The summed E-state index contributed by atoms with van der Waals surface area (Å²) < 4.78 is 0. The van der Waals surface area contributed by atoms with Crippen LogP contribution in [0.3, 0.4) is 0 Å². The Morgan fingerprint density at radius 3 is 2.37 bits per heavy atom. The van der Waals surface area contributed by atoms with Crippen LogP contribution in [0.1, 0.15) is 41.7 Å². The molecule has 0 fully saturated rings. The van der Waals surface area contributed by atoms with Gasteiger partial charge in [0.25, 0.3) is 0 Å². The van der Waals surface area contributed by atoms with E-state index in [0.717, 1.165) is 13.1 Å². The van der Waals surface area contributed by atoms with E-state index in [4.69, 9.17) is 0 Å². The predicted octanol–water partition coefficient (Wildman–Crippen LogP) is 4.64. The van der Waals surface area contributed by atoms with Crippen LogP contribution in [0.5, 0.6) is 0 Å². The number of thiophene rings is 1. The summed E-state index contributed by atoms with van der Waals surface area (Å²) in [4.78, 5) is 2.87. The lowest BCUT2D eigenvalue weighted by atomic mass is 9.95. The molecule has 0 radical (unpaired) electrons. The zero-order valence-corrected chi connectivity index (χ0v) is 13.1. The molecule has 102 valence electrons. The molecule has 0 saturated heterocycles. The molecule has 2 heteroatoms. The van der Waals surface area contributed by atoms with Gasteiger partial charge in [0.05, 0.1) is 0 Å². The van der Waals surface area contributed by atoms with Gasteiger partial charge in [0.2, 0.25) is 0 Å². The first kappa shape index (κ1) is 14.3. The Kier molecular flexibility index (Phi) is 4.43. The van der Waals surface area contributed by atoms with Crippen molar-refractivity contribution in [1.82, 2.24) is 5.32 Å². The van der Waals surface area contributed by atoms with Gasteiger partial charge in [0.1, 0.15) is 0 Å². The highest BCUT2D eigenvalue weighted by Gasteiger charge is 2.15. The first-order valence-corrected chi connectivity index (χ1v) is 7.63. The van der Waals surface area contributed by atoms with Gasteiger partial charge in [-0.25, -0.2) is 0 Å². The first-order chi connectivity index (χ1) is 8.97. The molecular weight excluding hydrogens is 250 g/mol. The molecule has 0 spiro atoms. The Labute approximate surface area is 120 Å². The fourth-order valence-electron chi connectivity index (χ4n) is 2.00. The number of hydrogen-bond acceptors (Lipinski definition) is 2. The molecule has 0 atom stereocenters. The standard InChI is InChI=1S/C17H23NS/c1-13-7-5-6-8-14(13)11-18-12-15-9-10-16(19-15)17(2,3)4/h5-10,18H,11-12H2,1-4H3. The second-order valence-corrected chi connectivity index (χ2v) is 7.21. The van der Waals surface area contributed by atoms with Gasteiger partial charge < -0.3 is 5.32 Å². The van der Waals surface area contributed by atoms with Gasteiger partial charge in [-0.15, -0.1) is 11.3 Å². The zero-order chi connectivity index (χ0) is 13.9. The van der Waals surface area contributed by atoms with Crippen molar-refractivity contribution in [2.24, 2.45) is 0 Å². The number of aryl methyl sites for hydroxylation is 1. The Balaban J connectivity index is 1.90. The minimum atomic E-state index is 0.263. The Hall–Kier alpha value is -1.12. The summed E-state index contributed by atoms with van der Waals surface area (Å²) in [7, 11) is 0. The Morgan fingerprint density at radius 1 is 1.00 bits per heavy atom. The van der Waals surface area contributed by atoms with Crippen molar-refractivity contribution in [3.05, 3.63) is 57.3 Å². The average Bonchev–Trinajstić information content (AvgIpc) is 2.80. The summed E-state index contributed by atoms with van der Waals surface area (Å²) in [5, 5.41) is 3.53. The third kappa shape index (κ3) is 3.92. The van der Waals surface area contributed by atoms with Gasteiger partial charge in [-0.3, -0.25) is 0 Å². The molecule has 2 aromatic rings. The monoisotopic (exact) mass is 273 g/mol. The van der Waals surface area contributed by atoms with E-state index in [1.54, 1.807) is 0 Å². The largest absolute Gasteiger partial charge is 0.308 e. The summed E-state index contributed by atoms with van der Waals surface area (Å²) in [5.74, 6) is 0. The van der Waals surface area contributed by atoms with Crippen molar-refractivity contribution in [3.63, 3.8) is 0 Å². The molecule has 2 rings (SSSR count). The fourth-order valence-corrected chi connectivity index (χ4v) is 3.04. The predicted molar refractivity (Wildman–Crippen MR) is 84.7 cm³/mol. The van der Waals surface area contributed by atoms with Crippen molar-refractivity contribution in [1.29, 1.82) is 0 Å².